The standard InChI is InChI=1S/C12H15N3O/c1-3-13-12-14-10(11(16)15-12)9-6-4-8(2)5-7-9/h4-7,10H,3H2,1-2H3,(H2,13,14,15,16). The molecule has 0 aromatic heterocycles. The molecule has 1 atom stereocenters. The third-order valence-electron chi connectivity index (χ3n) is 2.51. The summed E-state index contributed by atoms with van der Waals surface area (Å²) in [6, 6.07) is 7.60. The minimum absolute atomic E-state index is 0.0453. The van der Waals surface area contributed by atoms with E-state index in [-0.39, 0.29) is 11.9 Å². The van der Waals surface area contributed by atoms with Crippen molar-refractivity contribution < 1.29 is 4.79 Å². The van der Waals surface area contributed by atoms with E-state index in [1.807, 2.05) is 38.1 Å². The molecule has 1 fully saturated rings. The molecule has 1 saturated heterocycles. The number of hydrogen-bond donors (Lipinski definition) is 2. The van der Waals surface area contributed by atoms with Crippen molar-refractivity contribution in [1.29, 1.82) is 0 Å². The predicted octanol–water partition coefficient (Wildman–Crippen LogP) is 1.13. The Labute approximate surface area is 94.8 Å². The molecule has 1 aliphatic rings. The van der Waals surface area contributed by atoms with Crippen molar-refractivity contribution in [1.82, 2.24) is 10.6 Å². The number of amides is 1. The van der Waals surface area contributed by atoms with Gasteiger partial charge in [-0.05, 0) is 19.4 Å². The fraction of sp³-hybridized carbons (Fsp3) is 0.333. The first-order valence-electron chi connectivity index (χ1n) is 5.39. The van der Waals surface area contributed by atoms with Crippen LogP contribution in [0.5, 0.6) is 0 Å². The van der Waals surface area contributed by atoms with Crippen molar-refractivity contribution >= 4 is 11.9 Å². The van der Waals surface area contributed by atoms with Gasteiger partial charge < -0.3 is 5.32 Å². The zero-order valence-electron chi connectivity index (χ0n) is 9.45. The molecule has 2 N–H and O–H groups in total. The Bertz CT molecular complexity index is 422. The van der Waals surface area contributed by atoms with Crippen LogP contribution in [0.2, 0.25) is 0 Å². The third-order valence-corrected chi connectivity index (χ3v) is 2.51. The molecule has 0 bridgehead atoms. The molecule has 1 aromatic carbocycles. The summed E-state index contributed by atoms with van der Waals surface area (Å²) in [5, 5.41) is 5.78. The van der Waals surface area contributed by atoms with E-state index in [9.17, 15) is 4.79 Å². The van der Waals surface area contributed by atoms with Crippen molar-refractivity contribution in [2.45, 2.75) is 19.9 Å². The van der Waals surface area contributed by atoms with Crippen LogP contribution in [0.15, 0.2) is 29.3 Å². The lowest BCUT2D eigenvalue weighted by Crippen LogP contribution is -2.25. The van der Waals surface area contributed by atoms with Gasteiger partial charge in [-0.25, -0.2) is 0 Å². The molecule has 1 aromatic rings. The minimum Gasteiger partial charge on any atom is -0.340 e. The van der Waals surface area contributed by atoms with Gasteiger partial charge in [0.05, 0.1) is 0 Å². The number of hydrogen-bond acceptors (Lipinski definition) is 2. The maximum absolute atomic E-state index is 11.7. The number of aryl methyl sites for hydroxylation is 1. The Morgan fingerprint density at radius 3 is 2.62 bits per heavy atom. The van der Waals surface area contributed by atoms with E-state index in [0.29, 0.717) is 12.5 Å². The highest BCUT2D eigenvalue weighted by molar-refractivity contribution is 6.06. The van der Waals surface area contributed by atoms with Gasteiger partial charge in [-0.3, -0.25) is 15.1 Å². The van der Waals surface area contributed by atoms with Crippen molar-refractivity contribution in [3.8, 4) is 0 Å². The molecule has 1 unspecified atom stereocenters. The Balaban J connectivity index is 2.20. The van der Waals surface area contributed by atoms with Crippen molar-refractivity contribution in [3.05, 3.63) is 35.4 Å². The number of nitrogens with one attached hydrogen (secondary N) is 2. The molecule has 4 heteroatoms. The van der Waals surface area contributed by atoms with Gasteiger partial charge in [0.2, 0.25) is 0 Å². The number of benzene rings is 1. The van der Waals surface area contributed by atoms with Crippen molar-refractivity contribution in [2.75, 3.05) is 6.54 Å². The average molecular weight is 217 g/mol. The van der Waals surface area contributed by atoms with Crippen molar-refractivity contribution in [2.24, 2.45) is 4.99 Å². The van der Waals surface area contributed by atoms with Crippen LogP contribution in [-0.2, 0) is 4.79 Å². The second-order valence-electron chi connectivity index (χ2n) is 3.80. The van der Waals surface area contributed by atoms with E-state index in [4.69, 9.17) is 0 Å². The number of carbonyl (C=O) groups is 1. The van der Waals surface area contributed by atoms with Crippen LogP contribution in [0.25, 0.3) is 0 Å². The summed E-state index contributed by atoms with van der Waals surface area (Å²) in [5.74, 6) is 0.522. The van der Waals surface area contributed by atoms with Gasteiger partial charge in [0.1, 0.15) is 6.04 Å². The van der Waals surface area contributed by atoms with E-state index in [1.165, 1.54) is 5.56 Å². The molecule has 4 nitrogen and oxygen atoms in total. The number of guanidine groups is 1. The number of aliphatic imine (C=N–C) groups is 1. The highest BCUT2D eigenvalue weighted by Crippen LogP contribution is 2.16. The quantitative estimate of drug-likeness (QED) is 0.780. The van der Waals surface area contributed by atoms with Crippen LogP contribution in [0.4, 0.5) is 0 Å². The molecule has 0 spiro atoms. The number of rotatable bonds is 2. The van der Waals surface area contributed by atoms with Gasteiger partial charge in [0, 0.05) is 6.54 Å². The van der Waals surface area contributed by atoms with Crippen molar-refractivity contribution in [3.63, 3.8) is 0 Å². The zero-order chi connectivity index (χ0) is 11.5. The first kappa shape index (κ1) is 10.7. The van der Waals surface area contributed by atoms with Crippen LogP contribution < -0.4 is 10.6 Å². The number of nitrogens with zero attached hydrogens (tertiary/aromatic N) is 1. The smallest absolute Gasteiger partial charge is 0.253 e. The summed E-state index contributed by atoms with van der Waals surface area (Å²) >= 11 is 0. The second-order valence-corrected chi connectivity index (χ2v) is 3.80. The van der Waals surface area contributed by atoms with E-state index in [2.05, 4.69) is 15.6 Å². The lowest BCUT2D eigenvalue weighted by Gasteiger charge is -2.07. The van der Waals surface area contributed by atoms with Crippen LogP contribution in [0.3, 0.4) is 0 Å². The molecule has 1 amide bonds. The largest absolute Gasteiger partial charge is 0.340 e. The fourth-order valence-electron chi connectivity index (χ4n) is 1.66. The van der Waals surface area contributed by atoms with E-state index >= 15 is 0 Å². The SMILES string of the molecule is CCN=C1NC(=O)C(c2ccc(C)cc2)N1. The van der Waals surface area contributed by atoms with Crippen LogP contribution in [-0.4, -0.2) is 18.4 Å². The molecular weight excluding hydrogens is 202 g/mol. The summed E-state index contributed by atoms with van der Waals surface area (Å²) < 4.78 is 0. The maximum Gasteiger partial charge on any atom is 0.253 e. The second kappa shape index (κ2) is 4.35. The number of carbonyl (C=O) groups excluding carboxylic acids is 1. The topological polar surface area (TPSA) is 53.5 Å². The summed E-state index contributed by atoms with van der Waals surface area (Å²) in [5.41, 5.74) is 2.15. The van der Waals surface area contributed by atoms with Crippen LogP contribution in [0, 0.1) is 6.92 Å². The lowest BCUT2D eigenvalue weighted by atomic mass is 10.1. The first-order chi connectivity index (χ1) is 7.70. The average Bonchev–Trinajstić information content (AvgIpc) is 2.61. The van der Waals surface area contributed by atoms with Gasteiger partial charge in [-0.15, -0.1) is 0 Å². The fourth-order valence-corrected chi connectivity index (χ4v) is 1.66. The Morgan fingerprint density at radius 1 is 1.31 bits per heavy atom. The normalized spacial score (nSPS) is 22.0. The molecule has 2 rings (SSSR count). The van der Waals surface area contributed by atoms with Gasteiger partial charge in [0.15, 0.2) is 5.96 Å². The molecule has 1 aliphatic heterocycles. The van der Waals surface area contributed by atoms with Crippen LogP contribution in [0.1, 0.15) is 24.1 Å². The van der Waals surface area contributed by atoms with Gasteiger partial charge in [0.25, 0.3) is 5.91 Å². The summed E-state index contributed by atoms with van der Waals surface area (Å²) in [4.78, 5) is 15.8. The van der Waals surface area contributed by atoms with E-state index in [0.717, 1.165) is 5.56 Å². The Kier molecular flexibility index (Phi) is 2.90. The third kappa shape index (κ3) is 2.05. The van der Waals surface area contributed by atoms with E-state index < -0.39 is 0 Å². The summed E-state index contributed by atoms with van der Waals surface area (Å²) in [6.07, 6.45) is 0. The molecular formula is C12H15N3O. The van der Waals surface area contributed by atoms with Gasteiger partial charge in [-0.1, -0.05) is 29.8 Å². The molecule has 84 valence electrons. The minimum atomic E-state index is -0.314. The highest BCUT2D eigenvalue weighted by atomic mass is 16.2. The molecule has 1 heterocycles. The summed E-state index contributed by atoms with van der Waals surface area (Å²) in [6.45, 7) is 4.61. The highest BCUT2D eigenvalue weighted by Gasteiger charge is 2.29. The van der Waals surface area contributed by atoms with E-state index in [1.54, 1.807) is 0 Å². The monoisotopic (exact) mass is 217 g/mol. The predicted molar refractivity (Wildman–Crippen MR) is 63.2 cm³/mol. The van der Waals surface area contributed by atoms with Gasteiger partial charge >= 0.3 is 0 Å². The Hall–Kier alpha value is -1.84. The van der Waals surface area contributed by atoms with Crippen LogP contribution >= 0.6 is 0 Å². The zero-order valence-corrected chi connectivity index (χ0v) is 9.45. The molecule has 0 saturated carbocycles. The molecule has 0 radical (unpaired) electrons. The molecule has 16 heavy (non-hydrogen) atoms. The molecule has 0 aliphatic carbocycles. The van der Waals surface area contributed by atoms with Gasteiger partial charge in [-0.2, -0.15) is 0 Å². The first-order valence-corrected chi connectivity index (χ1v) is 5.39. The Morgan fingerprint density at radius 2 is 2.00 bits per heavy atom. The summed E-state index contributed by atoms with van der Waals surface area (Å²) in [7, 11) is 0. The maximum atomic E-state index is 11.7. The lowest BCUT2D eigenvalue weighted by molar-refractivity contribution is -0.120.